The van der Waals surface area contributed by atoms with Gasteiger partial charge < -0.3 is 0 Å². The molecule has 2 rings (SSSR count). The normalized spacial score (nSPS) is 12.2. The van der Waals surface area contributed by atoms with Gasteiger partial charge >= 0.3 is 0 Å². The van der Waals surface area contributed by atoms with E-state index in [0.717, 1.165) is 21.1 Å². The molecule has 1 nitrogen and oxygen atoms in total. The van der Waals surface area contributed by atoms with Gasteiger partial charge in [0.15, 0.2) is 5.78 Å². The van der Waals surface area contributed by atoms with E-state index in [4.69, 9.17) is 0 Å². The van der Waals surface area contributed by atoms with E-state index in [1.807, 2.05) is 36.4 Å². The molecule has 0 N–H and O–H groups in total. The van der Waals surface area contributed by atoms with E-state index in [2.05, 4.69) is 48.6 Å². The molecule has 98 valence electrons. The van der Waals surface area contributed by atoms with E-state index in [9.17, 15) is 4.79 Å². The maximum Gasteiger partial charge on any atom is 0.193 e. The van der Waals surface area contributed by atoms with E-state index < -0.39 is 0 Å². The third kappa shape index (κ3) is 3.44. The molecule has 0 aliphatic rings. The van der Waals surface area contributed by atoms with Crippen molar-refractivity contribution in [3.63, 3.8) is 0 Å². The lowest BCUT2D eigenvalue weighted by Gasteiger charge is -2.09. The number of carbonyl (C=O) groups is 1. The van der Waals surface area contributed by atoms with Gasteiger partial charge in [0, 0.05) is 14.7 Å². The fourth-order valence-electron chi connectivity index (χ4n) is 2.00. The van der Waals surface area contributed by atoms with Crippen molar-refractivity contribution in [2.75, 3.05) is 0 Å². The minimum absolute atomic E-state index is 0.0919. The first-order valence-corrected chi connectivity index (χ1v) is 7.60. The summed E-state index contributed by atoms with van der Waals surface area (Å²) in [6.45, 7) is 4.38. The van der Waals surface area contributed by atoms with Crippen molar-refractivity contribution in [3.8, 4) is 0 Å². The van der Waals surface area contributed by atoms with Gasteiger partial charge in [-0.2, -0.15) is 0 Å². The van der Waals surface area contributed by atoms with Crippen LogP contribution in [0.4, 0.5) is 0 Å². The molecule has 2 aromatic carbocycles. The monoisotopic (exact) mass is 364 g/mol. The summed E-state index contributed by atoms with van der Waals surface area (Å²) in [4.78, 5) is 12.3. The van der Waals surface area contributed by atoms with Gasteiger partial charge in [-0.15, -0.1) is 0 Å². The van der Waals surface area contributed by atoms with E-state index in [1.54, 1.807) is 0 Å². The minimum atomic E-state index is 0.0919. The molecule has 0 aliphatic carbocycles. The van der Waals surface area contributed by atoms with Crippen molar-refractivity contribution in [2.45, 2.75) is 26.2 Å². The van der Waals surface area contributed by atoms with Crippen LogP contribution in [0.25, 0.3) is 0 Å². The fraction of sp³-hybridized carbons (Fsp3) is 0.235. The lowest BCUT2D eigenvalue weighted by molar-refractivity contribution is 0.103. The first kappa shape index (κ1) is 14.3. The van der Waals surface area contributed by atoms with E-state index in [0.29, 0.717) is 5.92 Å². The molecule has 0 bridgehead atoms. The molecule has 19 heavy (non-hydrogen) atoms. The summed E-state index contributed by atoms with van der Waals surface area (Å²) in [7, 11) is 0. The van der Waals surface area contributed by atoms with Crippen LogP contribution in [0.3, 0.4) is 0 Å². The van der Waals surface area contributed by atoms with Crippen molar-refractivity contribution < 1.29 is 4.79 Å². The van der Waals surface area contributed by atoms with Crippen LogP contribution >= 0.6 is 22.6 Å². The van der Waals surface area contributed by atoms with E-state index in [-0.39, 0.29) is 5.78 Å². The highest BCUT2D eigenvalue weighted by atomic mass is 127. The maximum absolute atomic E-state index is 12.3. The summed E-state index contributed by atoms with van der Waals surface area (Å²) in [6, 6.07) is 15.7. The SMILES string of the molecule is CCC(C)c1ccc(C(=O)c2cccc(I)c2)cc1. The molecule has 2 aromatic rings. The van der Waals surface area contributed by atoms with Gasteiger partial charge in [0.25, 0.3) is 0 Å². The molecule has 0 radical (unpaired) electrons. The zero-order chi connectivity index (χ0) is 13.8. The van der Waals surface area contributed by atoms with Gasteiger partial charge in [0.2, 0.25) is 0 Å². The van der Waals surface area contributed by atoms with Crippen LogP contribution in [0, 0.1) is 3.57 Å². The van der Waals surface area contributed by atoms with E-state index in [1.165, 1.54) is 5.56 Å². The summed E-state index contributed by atoms with van der Waals surface area (Å²) < 4.78 is 1.08. The maximum atomic E-state index is 12.3. The van der Waals surface area contributed by atoms with Gasteiger partial charge in [0.1, 0.15) is 0 Å². The number of hydrogen-bond donors (Lipinski definition) is 0. The highest BCUT2D eigenvalue weighted by Crippen LogP contribution is 2.20. The molecule has 0 aliphatic heterocycles. The standard InChI is InChI=1S/C17H17IO/c1-3-12(2)13-7-9-14(10-8-13)17(19)15-5-4-6-16(18)11-15/h4-12H,3H2,1-2H3. The zero-order valence-corrected chi connectivity index (χ0v) is 13.3. The molecule has 0 heterocycles. The molecular weight excluding hydrogens is 347 g/mol. The Labute approximate surface area is 128 Å². The Morgan fingerprint density at radius 1 is 1.11 bits per heavy atom. The zero-order valence-electron chi connectivity index (χ0n) is 11.2. The molecule has 0 saturated heterocycles. The summed E-state index contributed by atoms with van der Waals surface area (Å²) in [5.41, 5.74) is 2.80. The average molecular weight is 364 g/mol. The minimum Gasteiger partial charge on any atom is -0.289 e. The van der Waals surface area contributed by atoms with Crippen LogP contribution in [-0.4, -0.2) is 5.78 Å². The van der Waals surface area contributed by atoms with Crippen LogP contribution in [-0.2, 0) is 0 Å². The number of halogens is 1. The van der Waals surface area contributed by atoms with Crippen molar-refractivity contribution in [2.24, 2.45) is 0 Å². The third-order valence-electron chi connectivity index (χ3n) is 3.44. The van der Waals surface area contributed by atoms with Crippen LogP contribution in [0.5, 0.6) is 0 Å². The number of rotatable bonds is 4. The Kier molecular flexibility index (Phi) is 4.75. The number of hydrogen-bond acceptors (Lipinski definition) is 1. The third-order valence-corrected chi connectivity index (χ3v) is 4.11. The predicted molar refractivity (Wildman–Crippen MR) is 87.7 cm³/mol. The van der Waals surface area contributed by atoms with Crippen LogP contribution in [0.15, 0.2) is 48.5 Å². The van der Waals surface area contributed by atoms with Crippen molar-refractivity contribution >= 4 is 28.4 Å². The first-order chi connectivity index (χ1) is 9.11. The van der Waals surface area contributed by atoms with Gasteiger partial charge in [-0.05, 0) is 52.6 Å². The Morgan fingerprint density at radius 2 is 1.79 bits per heavy atom. The number of benzene rings is 2. The van der Waals surface area contributed by atoms with Crippen LogP contribution in [0.2, 0.25) is 0 Å². The lowest BCUT2D eigenvalue weighted by atomic mass is 9.95. The smallest absolute Gasteiger partial charge is 0.193 e. The number of carbonyl (C=O) groups excluding carboxylic acids is 1. The molecule has 1 atom stereocenters. The molecule has 2 heteroatoms. The predicted octanol–water partition coefficient (Wildman–Crippen LogP) is 5.04. The molecular formula is C17H17IO. The summed E-state index contributed by atoms with van der Waals surface area (Å²) in [5, 5.41) is 0. The topological polar surface area (TPSA) is 17.1 Å². The van der Waals surface area contributed by atoms with Crippen molar-refractivity contribution in [3.05, 3.63) is 68.8 Å². The van der Waals surface area contributed by atoms with Gasteiger partial charge in [-0.3, -0.25) is 4.79 Å². The molecule has 0 spiro atoms. The molecule has 0 saturated carbocycles. The molecule has 1 unspecified atom stereocenters. The van der Waals surface area contributed by atoms with E-state index >= 15 is 0 Å². The van der Waals surface area contributed by atoms with Gasteiger partial charge in [-0.25, -0.2) is 0 Å². The second kappa shape index (κ2) is 6.33. The Balaban J connectivity index is 2.25. The van der Waals surface area contributed by atoms with Crippen LogP contribution < -0.4 is 0 Å². The molecule has 0 fully saturated rings. The number of ketones is 1. The highest BCUT2D eigenvalue weighted by molar-refractivity contribution is 14.1. The van der Waals surface area contributed by atoms with Crippen molar-refractivity contribution in [1.82, 2.24) is 0 Å². The largest absolute Gasteiger partial charge is 0.289 e. The lowest BCUT2D eigenvalue weighted by Crippen LogP contribution is -2.02. The summed E-state index contributed by atoms with van der Waals surface area (Å²) in [6.07, 6.45) is 1.12. The van der Waals surface area contributed by atoms with Crippen molar-refractivity contribution in [1.29, 1.82) is 0 Å². The highest BCUT2D eigenvalue weighted by Gasteiger charge is 2.10. The Morgan fingerprint density at radius 3 is 2.37 bits per heavy atom. The molecule has 0 amide bonds. The van der Waals surface area contributed by atoms with Crippen LogP contribution in [0.1, 0.15) is 47.7 Å². The first-order valence-electron chi connectivity index (χ1n) is 6.52. The van der Waals surface area contributed by atoms with Gasteiger partial charge in [0.05, 0.1) is 0 Å². The average Bonchev–Trinajstić information content (AvgIpc) is 2.46. The Bertz CT molecular complexity index is 572. The second-order valence-corrected chi connectivity index (χ2v) is 6.02. The fourth-order valence-corrected chi connectivity index (χ4v) is 2.54. The quantitative estimate of drug-likeness (QED) is 0.549. The molecule has 0 aromatic heterocycles. The van der Waals surface area contributed by atoms with Gasteiger partial charge in [-0.1, -0.05) is 50.2 Å². The summed E-state index contributed by atoms with van der Waals surface area (Å²) in [5.74, 6) is 0.635. The Hall–Kier alpha value is -1.16. The second-order valence-electron chi connectivity index (χ2n) is 4.77. The summed E-state index contributed by atoms with van der Waals surface area (Å²) >= 11 is 2.22.